The van der Waals surface area contributed by atoms with Crippen LogP contribution in [0.15, 0.2) is 29.3 Å². The Hall–Kier alpha value is -1.79. The van der Waals surface area contributed by atoms with Gasteiger partial charge in [0.15, 0.2) is 5.96 Å². The van der Waals surface area contributed by atoms with Crippen LogP contribution in [0.25, 0.3) is 0 Å². The maximum Gasteiger partial charge on any atom is 0.191 e. The van der Waals surface area contributed by atoms with Crippen molar-refractivity contribution in [1.29, 1.82) is 0 Å². The van der Waals surface area contributed by atoms with Crippen molar-refractivity contribution in [1.82, 2.24) is 10.6 Å². The fourth-order valence-corrected chi connectivity index (χ4v) is 3.62. The molecule has 29 heavy (non-hydrogen) atoms. The average molecular weight is 406 g/mol. The summed E-state index contributed by atoms with van der Waals surface area (Å²) in [4.78, 5) is 4.95. The summed E-state index contributed by atoms with van der Waals surface area (Å²) < 4.78 is 16.7. The number of hydrogen-bond acceptors (Lipinski definition) is 4. The molecule has 1 aliphatic heterocycles. The molecular weight excluding hydrogens is 366 g/mol. The van der Waals surface area contributed by atoms with Crippen LogP contribution in [-0.4, -0.2) is 58.6 Å². The molecule has 2 N–H and O–H groups in total. The Morgan fingerprint density at radius 3 is 2.45 bits per heavy atom. The van der Waals surface area contributed by atoms with E-state index in [0.29, 0.717) is 6.61 Å². The number of aliphatic imine (C=N–C) groups is 1. The zero-order valence-electron chi connectivity index (χ0n) is 18.5. The highest BCUT2D eigenvalue weighted by Crippen LogP contribution is 2.36. The highest BCUT2D eigenvalue weighted by molar-refractivity contribution is 5.79. The molecule has 0 bridgehead atoms. The highest BCUT2D eigenvalue weighted by Gasteiger charge is 2.34. The number of nitrogens with zero attached hydrogens (tertiary/aromatic N) is 1. The van der Waals surface area contributed by atoms with E-state index in [1.807, 2.05) is 13.8 Å². The van der Waals surface area contributed by atoms with Crippen LogP contribution in [0.1, 0.15) is 52.0 Å². The van der Waals surface area contributed by atoms with Crippen molar-refractivity contribution < 1.29 is 14.2 Å². The van der Waals surface area contributed by atoms with Crippen LogP contribution < -0.4 is 15.4 Å². The molecule has 0 atom stereocenters. The summed E-state index contributed by atoms with van der Waals surface area (Å²) in [6, 6.07) is 8.53. The average Bonchev–Trinajstić information content (AvgIpc) is 2.76. The van der Waals surface area contributed by atoms with Gasteiger partial charge < -0.3 is 24.8 Å². The third-order valence-corrected chi connectivity index (χ3v) is 5.32. The van der Waals surface area contributed by atoms with Crippen molar-refractivity contribution in [2.45, 2.75) is 51.9 Å². The van der Waals surface area contributed by atoms with Crippen LogP contribution in [0.4, 0.5) is 0 Å². The molecule has 0 unspecified atom stereocenters. The molecule has 164 valence electrons. The maximum atomic E-state index is 5.66. The number of ether oxygens (including phenoxy) is 3. The highest BCUT2D eigenvalue weighted by atomic mass is 16.5. The fraction of sp³-hybridized carbons (Fsp3) is 0.696. The Labute approximate surface area is 176 Å². The van der Waals surface area contributed by atoms with Gasteiger partial charge in [-0.05, 0) is 64.2 Å². The second-order valence-corrected chi connectivity index (χ2v) is 7.38. The molecule has 1 saturated heterocycles. The van der Waals surface area contributed by atoms with Gasteiger partial charge in [-0.25, -0.2) is 0 Å². The molecule has 0 radical (unpaired) electrons. The van der Waals surface area contributed by atoms with E-state index >= 15 is 0 Å². The van der Waals surface area contributed by atoms with Crippen LogP contribution in [0, 0.1) is 0 Å². The van der Waals surface area contributed by atoms with E-state index in [4.69, 9.17) is 19.2 Å². The van der Waals surface area contributed by atoms with E-state index in [9.17, 15) is 0 Å². The molecule has 6 heteroatoms. The van der Waals surface area contributed by atoms with Gasteiger partial charge in [0.1, 0.15) is 5.75 Å². The number of rotatable bonds is 12. The Morgan fingerprint density at radius 2 is 1.79 bits per heavy atom. The first kappa shape index (κ1) is 23.5. The summed E-state index contributed by atoms with van der Waals surface area (Å²) in [6.07, 6.45) is 4.10. The number of benzene rings is 1. The zero-order valence-corrected chi connectivity index (χ0v) is 18.5. The van der Waals surface area contributed by atoms with E-state index in [1.54, 1.807) is 0 Å². The molecule has 0 saturated carbocycles. The summed E-state index contributed by atoms with van der Waals surface area (Å²) in [5, 5.41) is 6.84. The minimum atomic E-state index is 0.0142. The lowest BCUT2D eigenvalue weighted by atomic mass is 9.74. The molecule has 6 nitrogen and oxygen atoms in total. The summed E-state index contributed by atoms with van der Waals surface area (Å²) in [5.74, 6) is 1.81. The molecule has 1 aliphatic rings. The van der Waals surface area contributed by atoms with Gasteiger partial charge in [-0.15, -0.1) is 0 Å². The molecular formula is C23H39N3O3. The fourth-order valence-electron chi connectivity index (χ4n) is 3.62. The molecule has 0 aliphatic carbocycles. The third kappa shape index (κ3) is 7.86. The monoisotopic (exact) mass is 405 g/mol. The van der Waals surface area contributed by atoms with Crippen LogP contribution in [0.3, 0.4) is 0 Å². The van der Waals surface area contributed by atoms with Gasteiger partial charge in [0.05, 0.1) is 13.2 Å². The summed E-state index contributed by atoms with van der Waals surface area (Å²) in [5.41, 5.74) is 1.33. The van der Waals surface area contributed by atoms with E-state index < -0.39 is 0 Å². The maximum absolute atomic E-state index is 5.66. The summed E-state index contributed by atoms with van der Waals surface area (Å²) in [6.45, 7) is 12.5. The molecule has 1 aromatic carbocycles. The topological polar surface area (TPSA) is 64.1 Å². The molecule has 0 aromatic heterocycles. The van der Waals surface area contributed by atoms with Crippen LogP contribution in [-0.2, 0) is 14.9 Å². The Kier molecular flexibility index (Phi) is 10.9. The van der Waals surface area contributed by atoms with Gasteiger partial charge >= 0.3 is 0 Å². The minimum absolute atomic E-state index is 0.0142. The van der Waals surface area contributed by atoms with Gasteiger partial charge in [-0.2, -0.15) is 0 Å². The first-order chi connectivity index (χ1) is 14.2. The lowest BCUT2D eigenvalue weighted by Crippen LogP contribution is -2.41. The van der Waals surface area contributed by atoms with Gasteiger partial charge in [0, 0.05) is 44.9 Å². The predicted molar refractivity (Wildman–Crippen MR) is 119 cm³/mol. The van der Waals surface area contributed by atoms with Crippen molar-refractivity contribution in [2.24, 2.45) is 4.99 Å². The second kappa shape index (κ2) is 13.4. The summed E-state index contributed by atoms with van der Waals surface area (Å²) >= 11 is 0. The zero-order chi connectivity index (χ0) is 20.8. The van der Waals surface area contributed by atoms with Crippen molar-refractivity contribution in [3.8, 4) is 5.75 Å². The number of nitrogens with one attached hydrogen (secondary N) is 2. The third-order valence-electron chi connectivity index (χ3n) is 5.32. The molecule has 1 aromatic rings. The van der Waals surface area contributed by atoms with Crippen molar-refractivity contribution in [3.05, 3.63) is 29.8 Å². The molecule has 0 spiro atoms. The van der Waals surface area contributed by atoms with E-state index in [-0.39, 0.29) is 5.41 Å². The van der Waals surface area contributed by atoms with Gasteiger partial charge in [-0.1, -0.05) is 12.1 Å². The summed E-state index contributed by atoms with van der Waals surface area (Å²) in [7, 11) is 0. The molecule has 1 fully saturated rings. The number of guanidine groups is 1. The van der Waals surface area contributed by atoms with Crippen LogP contribution in [0.5, 0.6) is 5.75 Å². The Bertz CT molecular complexity index is 584. The number of unbranched alkanes of at least 4 members (excludes halogenated alkanes) is 1. The number of hydrogen-bond donors (Lipinski definition) is 2. The minimum Gasteiger partial charge on any atom is -0.494 e. The first-order valence-corrected chi connectivity index (χ1v) is 11.1. The van der Waals surface area contributed by atoms with Crippen molar-refractivity contribution in [2.75, 3.05) is 52.7 Å². The van der Waals surface area contributed by atoms with Gasteiger partial charge in [0.25, 0.3) is 0 Å². The molecule has 0 amide bonds. The Morgan fingerprint density at radius 1 is 1.03 bits per heavy atom. The largest absolute Gasteiger partial charge is 0.494 e. The van der Waals surface area contributed by atoms with E-state index in [1.165, 1.54) is 5.56 Å². The molecule has 2 rings (SSSR count). The van der Waals surface area contributed by atoms with Crippen LogP contribution in [0.2, 0.25) is 0 Å². The van der Waals surface area contributed by atoms with Gasteiger partial charge in [0.2, 0.25) is 0 Å². The van der Waals surface area contributed by atoms with Crippen molar-refractivity contribution in [3.63, 3.8) is 0 Å². The lowest BCUT2D eigenvalue weighted by Gasteiger charge is -2.36. The first-order valence-electron chi connectivity index (χ1n) is 11.1. The lowest BCUT2D eigenvalue weighted by molar-refractivity contribution is 0.0531. The predicted octanol–water partition coefficient (Wildman–Crippen LogP) is 3.51. The van der Waals surface area contributed by atoms with Crippen molar-refractivity contribution >= 4 is 5.96 Å². The van der Waals surface area contributed by atoms with Crippen LogP contribution >= 0.6 is 0 Å². The molecule has 1 heterocycles. The van der Waals surface area contributed by atoms with Gasteiger partial charge in [-0.3, -0.25) is 4.99 Å². The Balaban J connectivity index is 2.02. The smallest absolute Gasteiger partial charge is 0.191 e. The van der Waals surface area contributed by atoms with E-state index in [0.717, 1.165) is 83.5 Å². The van der Waals surface area contributed by atoms with E-state index in [2.05, 4.69) is 41.8 Å². The SMILES string of the molecule is CCNC(=NCC1(c2ccc(OCC)cc2)CCOCC1)NCCCCOCC. The quantitative estimate of drug-likeness (QED) is 0.317. The standard InChI is InChI=1S/C23H39N3O3/c1-4-24-22(25-15-7-8-16-27-5-2)26-19-23(13-17-28-18-14-23)20-9-11-21(12-10-20)29-6-3/h9-12H,4-8,13-19H2,1-3H3,(H2,24,25,26). The normalized spacial score (nSPS) is 16.4. The second-order valence-electron chi connectivity index (χ2n) is 7.38.